The van der Waals surface area contributed by atoms with Gasteiger partial charge >= 0.3 is 5.97 Å². The Bertz CT molecular complexity index is 900. The molecule has 0 saturated carbocycles. The Labute approximate surface area is 166 Å². The van der Waals surface area contributed by atoms with E-state index in [2.05, 4.69) is 0 Å². The van der Waals surface area contributed by atoms with E-state index in [9.17, 15) is 19.7 Å². The highest BCUT2D eigenvalue weighted by molar-refractivity contribution is 8.00. The van der Waals surface area contributed by atoms with Gasteiger partial charge in [-0.3, -0.25) is 19.7 Å². The Balaban J connectivity index is 1.55. The van der Waals surface area contributed by atoms with Crippen molar-refractivity contribution in [3.63, 3.8) is 0 Å². The largest absolute Gasteiger partial charge is 0.452 e. The molecule has 7 nitrogen and oxygen atoms in total. The van der Waals surface area contributed by atoms with Gasteiger partial charge in [-0.2, -0.15) is 0 Å². The quantitative estimate of drug-likeness (QED) is 0.319. The van der Waals surface area contributed by atoms with Crippen molar-refractivity contribution in [3.05, 3.63) is 64.2 Å². The van der Waals surface area contributed by atoms with Gasteiger partial charge in [-0.15, -0.1) is 11.8 Å². The van der Waals surface area contributed by atoms with Crippen molar-refractivity contribution >= 4 is 35.0 Å². The van der Waals surface area contributed by atoms with Crippen LogP contribution in [0.3, 0.4) is 0 Å². The van der Waals surface area contributed by atoms with Crippen LogP contribution in [0.4, 0.5) is 11.4 Å². The smallest absolute Gasteiger partial charge is 0.317 e. The van der Waals surface area contributed by atoms with Gasteiger partial charge < -0.3 is 9.64 Å². The third-order valence-electron chi connectivity index (χ3n) is 4.50. The number of hydrogen-bond acceptors (Lipinski definition) is 6. The summed E-state index contributed by atoms with van der Waals surface area (Å²) in [7, 11) is 0. The number of anilines is 1. The molecule has 0 radical (unpaired) electrons. The second-order valence-corrected chi connectivity index (χ2v) is 7.61. The van der Waals surface area contributed by atoms with Crippen LogP contribution in [0, 0.1) is 10.1 Å². The Hall–Kier alpha value is -2.87. The number of thioether (sulfide) groups is 1. The Morgan fingerprint density at radius 2 is 1.93 bits per heavy atom. The number of nitro groups is 1. The third-order valence-corrected chi connectivity index (χ3v) is 5.49. The zero-order valence-corrected chi connectivity index (χ0v) is 16.3. The molecule has 28 heavy (non-hydrogen) atoms. The van der Waals surface area contributed by atoms with E-state index in [1.807, 2.05) is 31.2 Å². The molecule has 2 aromatic carbocycles. The fraction of sp³-hybridized carbons (Fsp3) is 0.300. The minimum absolute atomic E-state index is 0.00819. The van der Waals surface area contributed by atoms with Crippen molar-refractivity contribution in [3.8, 4) is 0 Å². The normalized spacial score (nSPS) is 16.4. The number of rotatable bonds is 6. The number of esters is 1. The minimum Gasteiger partial charge on any atom is -0.452 e. The van der Waals surface area contributed by atoms with Crippen molar-refractivity contribution < 1.29 is 19.2 Å². The third kappa shape index (κ3) is 4.33. The zero-order chi connectivity index (χ0) is 20.3. The summed E-state index contributed by atoms with van der Waals surface area (Å²) in [6.45, 7) is 3.54. The molecule has 0 saturated heterocycles. The average molecular weight is 400 g/mol. The van der Waals surface area contributed by atoms with Crippen LogP contribution in [0.2, 0.25) is 0 Å². The van der Waals surface area contributed by atoms with Gasteiger partial charge in [0, 0.05) is 28.8 Å². The van der Waals surface area contributed by atoms with Crippen LogP contribution in [-0.2, 0) is 20.7 Å². The summed E-state index contributed by atoms with van der Waals surface area (Å²) in [5.41, 5.74) is 1.96. The van der Waals surface area contributed by atoms with E-state index >= 15 is 0 Å². The molecule has 8 heteroatoms. The van der Waals surface area contributed by atoms with Crippen molar-refractivity contribution in [2.45, 2.75) is 37.3 Å². The first kappa shape index (κ1) is 19.9. The van der Waals surface area contributed by atoms with Gasteiger partial charge in [0.15, 0.2) is 6.10 Å². The predicted octanol–water partition coefficient (Wildman–Crippen LogP) is 3.60. The fourth-order valence-electron chi connectivity index (χ4n) is 3.19. The van der Waals surface area contributed by atoms with Crippen molar-refractivity contribution in [1.82, 2.24) is 0 Å². The summed E-state index contributed by atoms with van der Waals surface area (Å²) in [5.74, 6) is -0.739. The molecule has 1 aliphatic rings. The number of benzene rings is 2. The number of ether oxygens (including phenoxy) is 1. The number of carbonyl (C=O) groups is 2. The van der Waals surface area contributed by atoms with Crippen LogP contribution < -0.4 is 4.90 Å². The van der Waals surface area contributed by atoms with Gasteiger partial charge in [-0.1, -0.05) is 18.2 Å². The van der Waals surface area contributed by atoms with Gasteiger partial charge in [0.25, 0.3) is 11.6 Å². The summed E-state index contributed by atoms with van der Waals surface area (Å²) in [6.07, 6.45) is -0.114. The van der Waals surface area contributed by atoms with E-state index in [4.69, 9.17) is 4.74 Å². The standard InChI is InChI=1S/C20H20N2O5S/c1-13-11-15-5-3-4-6-18(15)21(13)20(24)14(2)27-19(23)12-28-17-9-7-16(8-10-17)22(25)26/h3-10,13-14H,11-12H2,1-2H3/t13-,14-/m1/s1. The van der Waals surface area contributed by atoms with Gasteiger partial charge in [0.05, 0.1) is 10.7 Å². The van der Waals surface area contributed by atoms with Crippen LogP contribution >= 0.6 is 11.8 Å². The lowest BCUT2D eigenvalue weighted by Gasteiger charge is -2.25. The van der Waals surface area contributed by atoms with Crippen molar-refractivity contribution in [2.24, 2.45) is 0 Å². The van der Waals surface area contributed by atoms with Crippen molar-refractivity contribution in [1.29, 1.82) is 0 Å². The van der Waals surface area contributed by atoms with Gasteiger partial charge in [-0.25, -0.2) is 0 Å². The molecule has 2 atom stereocenters. The second kappa shape index (κ2) is 8.43. The van der Waals surface area contributed by atoms with Crippen LogP contribution in [0.5, 0.6) is 0 Å². The molecule has 0 fully saturated rings. The minimum atomic E-state index is -0.890. The summed E-state index contributed by atoms with van der Waals surface area (Å²) in [6, 6.07) is 13.7. The molecule has 146 valence electrons. The molecule has 2 aromatic rings. The molecule has 0 aromatic heterocycles. The zero-order valence-electron chi connectivity index (χ0n) is 15.5. The molecule has 0 spiro atoms. The molecule has 0 aliphatic carbocycles. The average Bonchev–Trinajstić information content (AvgIpc) is 3.01. The van der Waals surface area contributed by atoms with E-state index in [1.54, 1.807) is 24.0 Å². The van der Waals surface area contributed by atoms with Crippen LogP contribution in [0.15, 0.2) is 53.4 Å². The van der Waals surface area contributed by atoms with Crippen LogP contribution in [0.1, 0.15) is 19.4 Å². The second-order valence-electron chi connectivity index (χ2n) is 6.56. The molecule has 1 heterocycles. The van der Waals surface area contributed by atoms with E-state index in [0.29, 0.717) is 4.90 Å². The number of nitrogens with zero attached hydrogens (tertiary/aromatic N) is 2. The number of amides is 1. The number of non-ortho nitro benzene ring substituents is 1. The van der Waals surface area contributed by atoms with E-state index in [-0.39, 0.29) is 23.4 Å². The highest BCUT2D eigenvalue weighted by Gasteiger charge is 2.34. The van der Waals surface area contributed by atoms with Crippen LogP contribution in [0.25, 0.3) is 0 Å². The SMILES string of the molecule is C[C@@H]1Cc2ccccc2N1C(=O)[C@@H](C)OC(=O)CSc1ccc([N+](=O)[O-])cc1. The van der Waals surface area contributed by atoms with Gasteiger partial charge in [-0.05, 0) is 44.0 Å². The van der Waals surface area contributed by atoms with E-state index in [0.717, 1.165) is 17.7 Å². The van der Waals surface area contributed by atoms with Gasteiger partial charge in [0.1, 0.15) is 0 Å². The summed E-state index contributed by atoms with van der Waals surface area (Å²) < 4.78 is 5.31. The number of para-hydroxylation sites is 1. The number of nitro benzene ring substituents is 1. The Morgan fingerprint density at radius 1 is 1.25 bits per heavy atom. The first-order valence-corrected chi connectivity index (χ1v) is 9.83. The van der Waals surface area contributed by atoms with Crippen molar-refractivity contribution in [2.75, 3.05) is 10.7 Å². The van der Waals surface area contributed by atoms with E-state index < -0.39 is 17.0 Å². The highest BCUT2D eigenvalue weighted by atomic mass is 32.2. The first-order valence-electron chi connectivity index (χ1n) is 8.84. The molecular formula is C20H20N2O5S. The first-order chi connectivity index (χ1) is 13.4. The predicted molar refractivity (Wildman–Crippen MR) is 106 cm³/mol. The number of fused-ring (bicyclic) bond motifs is 1. The topological polar surface area (TPSA) is 89.8 Å². The Morgan fingerprint density at radius 3 is 2.61 bits per heavy atom. The number of carbonyl (C=O) groups excluding carboxylic acids is 2. The maximum atomic E-state index is 12.8. The lowest BCUT2D eigenvalue weighted by molar-refractivity contribution is -0.384. The van der Waals surface area contributed by atoms with Crippen LogP contribution in [-0.4, -0.2) is 34.7 Å². The maximum Gasteiger partial charge on any atom is 0.317 e. The lowest BCUT2D eigenvalue weighted by atomic mass is 10.1. The molecule has 0 N–H and O–H groups in total. The maximum absolute atomic E-state index is 12.8. The lowest BCUT2D eigenvalue weighted by Crippen LogP contribution is -2.43. The summed E-state index contributed by atoms with van der Waals surface area (Å²) in [4.78, 5) is 37.5. The molecular weight excluding hydrogens is 380 g/mol. The monoisotopic (exact) mass is 400 g/mol. The molecule has 1 aliphatic heterocycles. The number of hydrogen-bond donors (Lipinski definition) is 0. The van der Waals surface area contributed by atoms with E-state index in [1.165, 1.54) is 23.9 Å². The molecule has 0 unspecified atom stereocenters. The molecule has 0 bridgehead atoms. The van der Waals surface area contributed by atoms with Gasteiger partial charge in [0.2, 0.25) is 0 Å². The molecule has 3 rings (SSSR count). The highest BCUT2D eigenvalue weighted by Crippen LogP contribution is 2.32. The molecule has 1 amide bonds. The summed E-state index contributed by atoms with van der Waals surface area (Å²) in [5, 5.41) is 10.7. The fourth-order valence-corrected chi connectivity index (χ4v) is 3.87. The Kier molecular flexibility index (Phi) is 5.99. The summed E-state index contributed by atoms with van der Waals surface area (Å²) >= 11 is 1.20.